The highest BCUT2D eigenvalue weighted by Gasteiger charge is 2.22. The summed E-state index contributed by atoms with van der Waals surface area (Å²) >= 11 is 0. The molecule has 0 saturated carbocycles. The summed E-state index contributed by atoms with van der Waals surface area (Å²) in [6.07, 6.45) is 0. The summed E-state index contributed by atoms with van der Waals surface area (Å²) in [6, 6.07) is 62.7. The van der Waals surface area contributed by atoms with Crippen molar-refractivity contribution in [2.45, 2.75) is 0 Å². The summed E-state index contributed by atoms with van der Waals surface area (Å²) in [6.45, 7) is 0. The molecule has 1 heterocycles. The van der Waals surface area contributed by atoms with Crippen LogP contribution in [0.4, 0.5) is 17.1 Å². The minimum Gasteiger partial charge on any atom is -0.455 e. The summed E-state index contributed by atoms with van der Waals surface area (Å²) in [5.74, 6) is 0. The normalized spacial score (nSPS) is 11.5. The standard InChI is InChI=1S/C44H29NO/c1-3-13-30(14-4-1)33-17-11-20-36(28-33)45(35-18-5-2-6-19-35)41-29-40-43-37(34-26-25-31-15-7-8-16-32(31)27-34)23-12-24-42(43)46-44(40)39-22-10-9-21-38(39)41/h1-29H. The van der Waals surface area contributed by atoms with Gasteiger partial charge in [0, 0.05) is 32.9 Å². The van der Waals surface area contributed by atoms with Gasteiger partial charge in [0.15, 0.2) is 0 Å². The van der Waals surface area contributed by atoms with E-state index in [1.54, 1.807) is 0 Å². The number of rotatable bonds is 5. The fourth-order valence-corrected chi connectivity index (χ4v) is 6.87. The zero-order valence-electron chi connectivity index (χ0n) is 25.1. The lowest BCUT2D eigenvalue weighted by molar-refractivity contribution is 0.673. The first-order valence-corrected chi connectivity index (χ1v) is 15.7. The van der Waals surface area contributed by atoms with Crippen LogP contribution < -0.4 is 4.90 Å². The van der Waals surface area contributed by atoms with E-state index in [1.807, 2.05) is 0 Å². The summed E-state index contributed by atoms with van der Waals surface area (Å²) in [5, 5.41) is 6.93. The van der Waals surface area contributed by atoms with Crippen LogP contribution in [0.1, 0.15) is 0 Å². The van der Waals surface area contributed by atoms with Crippen LogP contribution in [-0.2, 0) is 0 Å². The second-order valence-corrected chi connectivity index (χ2v) is 11.7. The topological polar surface area (TPSA) is 16.4 Å². The van der Waals surface area contributed by atoms with E-state index in [1.165, 1.54) is 33.0 Å². The Balaban J connectivity index is 1.34. The van der Waals surface area contributed by atoms with E-state index >= 15 is 0 Å². The fraction of sp³-hybridized carbons (Fsp3) is 0. The molecule has 9 aromatic rings. The van der Waals surface area contributed by atoms with Crippen molar-refractivity contribution in [2.24, 2.45) is 0 Å². The molecule has 0 saturated heterocycles. The second kappa shape index (κ2) is 10.8. The second-order valence-electron chi connectivity index (χ2n) is 11.7. The van der Waals surface area contributed by atoms with Gasteiger partial charge in [0.2, 0.25) is 0 Å². The average molecular weight is 588 g/mol. The van der Waals surface area contributed by atoms with Gasteiger partial charge < -0.3 is 9.32 Å². The van der Waals surface area contributed by atoms with Crippen LogP contribution in [0.5, 0.6) is 0 Å². The Morgan fingerprint density at radius 2 is 1.07 bits per heavy atom. The molecule has 8 aromatic carbocycles. The van der Waals surface area contributed by atoms with Gasteiger partial charge >= 0.3 is 0 Å². The molecule has 0 fully saturated rings. The summed E-state index contributed by atoms with van der Waals surface area (Å²) in [4.78, 5) is 2.38. The lowest BCUT2D eigenvalue weighted by Crippen LogP contribution is -2.10. The molecule has 2 heteroatoms. The molecule has 0 spiro atoms. The van der Waals surface area contributed by atoms with Crippen molar-refractivity contribution < 1.29 is 4.42 Å². The Kier molecular flexibility index (Phi) is 6.17. The van der Waals surface area contributed by atoms with Crippen LogP contribution in [0.2, 0.25) is 0 Å². The molecule has 2 nitrogen and oxygen atoms in total. The van der Waals surface area contributed by atoms with Crippen molar-refractivity contribution in [3.63, 3.8) is 0 Å². The summed E-state index contributed by atoms with van der Waals surface area (Å²) in [5.41, 5.74) is 9.82. The zero-order valence-corrected chi connectivity index (χ0v) is 25.1. The first-order chi connectivity index (χ1) is 22.8. The van der Waals surface area contributed by atoms with E-state index in [4.69, 9.17) is 4.42 Å². The van der Waals surface area contributed by atoms with E-state index in [0.717, 1.165) is 49.8 Å². The number of furan rings is 1. The van der Waals surface area contributed by atoms with Gasteiger partial charge in [0.25, 0.3) is 0 Å². The fourth-order valence-electron chi connectivity index (χ4n) is 6.87. The van der Waals surface area contributed by atoms with Gasteiger partial charge in [-0.25, -0.2) is 0 Å². The first-order valence-electron chi connectivity index (χ1n) is 15.7. The first kappa shape index (κ1) is 26.3. The smallest absolute Gasteiger partial charge is 0.143 e. The number of fused-ring (bicyclic) bond motifs is 6. The molecule has 0 bridgehead atoms. The molecule has 0 aliphatic carbocycles. The molecule has 216 valence electrons. The molecule has 0 aliphatic rings. The Morgan fingerprint density at radius 1 is 0.391 bits per heavy atom. The molecular formula is C44H29NO. The number of para-hydroxylation sites is 1. The predicted molar refractivity (Wildman–Crippen MR) is 194 cm³/mol. The average Bonchev–Trinajstić information content (AvgIpc) is 3.52. The van der Waals surface area contributed by atoms with Gasteiger partial charge in [-0.2, -0.15) is 0 Å². The van der Waals surface area contributed by atoms with Crippen molar-refractivity contribution >= 4 is 60.5 Å². The third kappa shape index (κ3) is 4.35. The molecule has 0 radical (unpaired) electrons. The third-order valence-electron chi connectivity index (χ3n) is 9.01. The van der Waals surface area contributed by atoms with Crippen LogP contribution in [0.3, 0.4) is 0 Å². The highest BCUT2D eigenvalue weighted by atomic mass is 16.3. The van der Waals surface area contributed by atoms with Gasteiger partial charge in [-0.3, -0.25) is 0 Å². The molecule has 0 N–H and O–H groups in total. The summed E-state index contributed by atoms with van der Waals surface area (Å²) < 4.78 is 6.72. The Hall–Kier alpha value is -6.12. The Bertz CT molecular complexity index is 2530. The number of anilines is 3. The van der Waals surface area contributed by atoms with Gasteiger partial charge in [-0.1, -0.05) is 133 Å². The summed E-state index contributed by atoms with van der Waals surface area (Å²) in [7, 11) is 0. The number of hydrogen-bond acceptors (Lipinski definition) is 2. The van der Waals surface area contributed by atoms with E-state index in [-0.39, 0.29) is 0 Å². The van der Waals surface area contributed by atoms with E-state index in [2.05, 4.69) is 181 Å². The van der Waals surface area contributed by atoms with Gasteiger partial charge in [-0.05, 0) is 75.5 Å². The van der Waals surface area contributed by atoms with Crippen LogP contribution >= 0.6 is 0 Å². The number of benzene rings is 8. The maximum atomic E-state index is 6.72. The molecule has 0 aliphatic heterocycles. The largest absolute Gasteiger partial charge is 0.455 e. The maximum absolute atomic E-state index is 6.72. The third-order valence-corrected chi connectivity index (χ3v) is 9.01. The van der Waals surface area contributed by atoms with Gasteiger partial charge in [0.05, 0.1) is 5.69 Å². The van der Waals surface area contributed by atoms with Crippen LogP contribution in [0, 0.1) is 0 Å². The van der Waals surface area contributed by atoms with Crippen molar-refractivity contribution in [1.29, 1.82) is 0 Å². The molecule has 46 heavy (non-hydrogen) atoms. The number of nitrogens with zero attached hydrogens (tertiary/aromatic N) is 1. The quantitative estimate of drug-likeness (QED) is 0.199. The number of hydrogen-bond donors (Lipinski definition) is 0. The minimum absolute atomic E-state index is 0.889. The minimum atomic E-state index is 0.889. The molecular weight excluding hydrogens is 558 g/mol. The van der Waals surface area contributed by atoms with Gasteiger partial charge in [0.1, 0.15) is 11.2 Å². The predicted octanol–water partition coefficient (Wildman–Crippen LogP) is 12.7. The molecule has 9 rings (SSSR count). The van der Waals surface area contributed by atoms with Gasteiger partial charge in [-0.15, -0.1) is 0 Å². The molecule has 0 unspecified atom stereocenters. The maximum Gasteiger partial charge on any atom is 0.143 e. The van der Waals surface area contributed by atoms with Crippen molar-refractivity contribution in [3.8, 4) is 22.3 Å². The van der Waals surface area contributed by atoms with E-state index in [0.29, 0.717) is 0 Å². The van der Waals surface area contributed by atoms with Crippen molar-refractivity contribution in [2.75, 3.05) is 4.90 Å². The Morgan fingerprint density at radius 3 is 1.91 bits per heavy atom. The Labute approximate surface area is 267 Å². The van der Waals surface area contributed by atoms with E-state index in [9.17, 15) is 0 Å². The highest BCUT2D eigenvalue weighted by molar-refractivity contribution is 6.22. The molecule has 1 aromatic heterocycles. The van der Waals surface area contributed by atoms with Crippen LogP contribution in [0.25, 0.3) is 65.7 Å². The van der Waals surface area contributed by atoms with Crippen molar-refractivity contribution in [1.82, 2.24) is 0 Å². The SMILES string of the molecule is c1ccc(-c2cccc(N(c3ccccc3)c3cc4c(oc5cccc(-c6ccc7ccccc7c6)c54)c4ccccc34)c2)cc1. The van der Waals surface area contributed by atoms with Crippen LogP contribution in [-0.4, -0.2) is 0 Å². The lowest BCUT2D eigenvalue weighted by Gasteiger charge is -2.27. The molecule has 0 atom stereocenters. The van der Waals surface area contributed by atoms with Crippen molar-refractivity contribution in [3.05, 3.63) is 176 Å². The lowest BCUT2D eigenvalue weighted by atomic mass is 9.95. The monoisotopic (exact) mass is 587 g/mol. The van der Waals surface area contributed by atoms with E-state index < -0.39 is 0 Å². The van der Waals surface area contributed by atoms with Crippen LogP contribution in [0.15, 0.2) is 180 Å². The highest BCUT2D eigenvalue weighted by Crippen LogP contribution is 2.46. The zero-order chi connectivity index (χ0) is 30.5. The molecule has 0 amide bonds.